The van der Waals surface area contributed by atoms with Crippen LogP contribution in [0.25, 0.3) is 0 Å². The molecule has 2 N–H and O–H groups in total. The first-order valence-corrected chi connectivity index (χ1v) is 1.02. The van der Waals surface area contributed by atoms with Crippen LogP contribution in [-0.4, -0.2) is 107 Å². The summed E-state index contributed by atoms with van der Waals surface area (Å²) in [7, 11) is 0. The van der Waals surface area contributed by atoms with Gasteiger partial charge in [0.2, 0.25) is 0 Å². The van der Waals surface area contributed by atoms with Gasteiger partial charge in [-0.25, -0.2) is 0 Å². The quantitative estimate of drug-likeness (QED) is 0.207. The number of aliphatic hydroxyl groups is 2. The molecule has 0 atom stereocenters. The van der Waals surface area contributed by atoms with Gasteiger partial charge in [-0.3, -0.25) is 0 Å². The molecule has 0 aromatic rings. The van der Waals surface area contributed by atoms with E-state index in [1.54, 1.807) is 0 Å². The molecule has 0 aromatic carbocycles. The molecule has 0 aliphatic carbocycles. The molecule has 1 aliphatic rings. The van der Waals surface area contributed by atoms with Gasteiger partial charge >= 0.3 is 97.1 Å². The third-order valence-corrected chi connectivity index (χ3v) is 0.232. The van der Waals surface area contributed by atoms with Crippen molar-refractivity contribution in [1.29, 1.82) is 0 Å². The van der Waals surface area contributed by atoms with Gasteiger partial charge in [0, 0.05) is 0 Å². The molecule has 0 unspecified atom stereocenters. The van der Waals surface area contributed by atoms with E-state index in [0.29, 0.717) is 0 Å². The normalized spacial score (nSPS) is 21.4. The summed E-state index contributed by atoms with van der Waals surface area (Å²) in [6, 6.07) is 0. The van der Waals surface area contributed by atoms with Crippen molar-refractivity contribution in [3.63, 3.8) is 0 Å². The van der Waals surface area contributed by atoms with Crippen molar-refractivity contribution in [1.82, 2.24) is 0 Å². The molecule has 0 aromatic heterocycles. The Balaban J connectivity index is 0. The van der Waals surface area contributed by atoms with Crippen LogP contribution in [0.2, 0.25) is 0 Å². The van der Waals surface area contributed by atoms with E-state index in [0.717, 1.165) is 0 Å². The van der Waals surface area contributed by atoms with Crippen LogP contribution in [0.1, 0.15) is 0 Å². The van der Waals surface area contributed by atoms with Crippen LogP contribution >= 0.6 is 0 Å². The van der Waals surface area contributed by atoms with E-state index >= 15 is 0 Å². The molecule has 38 valence electrons. The van der Waals surface area contributed by atoms with Gasteiger partial charge in [-0.1, -0.05) is 0 Å². The molecule has 0 spiro atoms. The molecule has 1 rings (SSSR count). The number of rotatable bonds is 0. The molecule has 6 heteroatoms. The summed E-state index contributed by atoms with van der Waals surface area (Å²) in [4.78, 5) is 7.01. The van der Waals surface area contributed by atoms with Gasteiger partial charge in [0.15, 0.2) is 0 Å². The van der Waals surface area contributed by atoms with Gasteiger partial charge in [0.05, 0.1) is 0 Å². The van der Waals surface area contributed by atoms with Gasteiger partial charge in [0.25, 0.3) is 0 Å². The van der Waals surface area contributed by atoms with Crippen molar-refractivity contribution in [2.24, 2.45) is 0 Å². The zero-order chi connectivity index (χ0) is 3.91. The fourth-order valence-corrected chi connectivity index (χ4v) is 0.0373. The van der Waals surface area contributed by atoms with Crippen LogP contribution < -0.4 is 0 Å². The van der Waals surface area contributed by atoms with E-state index in [4.69, 9.17) is 10.2 Å². The molecule has 1 heterocycles. The van der Waals surface area contributed by atoms with Crippen LogP contribution in [0.5, 0.6) is 0 Å². The van der Waals surface area contributed by atoms with Gasteiger partial charge in [0.1, 0.15) is 0 Å². The Kier molecular flexibility index (Phi) is 8.18. The van der Waals surface area contributed by atoms with Crippen molar-refractivity contribution in [3.8, 4) is 0 Å². The molecule has 0 bridgehead atoms. The van der Waals surface area contributed by atoms with E-state index in [1.807, 2.05) is 0 Å². The first-order valence-electron chi connectivity index (χ1n) is 1.02. The fourth-order valence-electron chi connectivity index (χ4n) is 0.0373. The minimum absolute atomic E-state index is 0. The summed E-state index contributed by atoms with van der Waals surface area (Å²) in [6.45, 7) is 0. The topological polar surface area (TPSA) is 65.5 Å². The molecule has 0 saturated carbocycles. The molecular weight excluding hydrogens is 251 g/mol. The minimum atomic E-state index is -2.25. The first-order chi connectivity index (χ1) is 2.21. The molecule has 1 saturated heterocycles. The second kappa shape index (κ2) is 4.59. The standard InChI is InChI=1S/CH2O4.2Sr.4H/c2-1(3)4-5-1;;;;;;/h2-3H;;;;;;. The molecular formula is CH6O4Sr2. The SMILES string of the molecule is OC1(O)OO1.[SrH2].[SrH2]. The van der Waals surface area contributed by atoms with Gasteiger partial charge in [-0.15, -0.1) is 9.78 Å². The van der Waals surface area contributed by atoms with E-state index in [2.05, 4.69) is 9.78 Å². The average Bonchev–Trinajstić information content (AvgIpc) is 1.76. The fraction of sp³-hybridized carbons (Fsp3) is 1.00. The molecule has 1 fully saturated rings. The third kappa shape index (κ3) is 6.69. The number of hydrogen-bond donors (Lipinski definition) is 2. The molecule has 1 aliphatic heterocycles. The zero-order valence-electron chi connectivity index (χ0n) is 2.21. The third-order valence-electron chi connectivity index (χ3n) is 0.232. The average molecular weight is 257 g/mol. The van der Waals surface area contributed by atoms with Crippen molar-refractivity contribution in [3.05, 3.63) is 0 Å². The van der Waals surface area contributed by atoms with Crippen LogP contribution in [-0.2, 0) is 9.78 Å². The summed E-state index contributed by atoms with van der Waals surface area (Å²) in [5, 5.41) is 15.5. The zero-order valence-corrected chi connectivity index (χ0v) is 2.21. The van der Waals surface area contributed by atoms with Crippen LogP contribution in [0, 0.1) is 0 Å². The summed E-state index contributed by atoms with van der Waals surface area (Å²) in [5.41, 5.74) is 0. The van der Waals surface area contributed by atoms with Crippen LogP contribution in [0.15, 0.2) is 0 Å². The van der Waals surface area contributed by atoms with Gasteiger partial charge in [-0.2, -0.15) is 0 Å². The second-order valence-corrected chi connectivity index (χ2v) is 0.715. The van der Waals surface area contributed by atoms with Gasteiger partial charge < -0.3 is 10.2 Å². The molecule has 0 radical (unpaired) electrons. The van der Waals surface area contributed by atoms with E-state index < -0.39 is 6.16 Å². The predicted molar refractivity (Wildman–Crippen MR) is 26.4 cm³/mol. The predicted octanol–water partition coefficient (Wildman–Crippen LogP) is -3.29. The maximum atomic E-state index is 7.74. The van der Waals surface area contributed by atoms with Crippen molar-refractivity contribution >= 4 is 91.0 Å². The van der Waals surface area contributed by atoms with E-state index in [-0.39, 0.29) is 91.0 Å². The van der Waals surface area contributed by atoms with Crippen LogP contribution in [0.3, 0.4) is 0 Å². The van der Waals surface area contributed by atoms with Crippen molar-refractivity contribution in [2.75, 3.05) is 0 Å². The summed E-state index contributed by atoms with van der Waals surface area (Å²) in [6.07, 6.45) is -2.25. The monoisotopic (exact) mass is 258 g/mol. The second-order valence-electron chi connectivity index (χ2n) is 0.715. The maximum absolute atomic E-state index is 7.74. The van der Waals surface area contributed by atoms with Crippen molar-refractivity contribution in [2.45, 2.75) is 6.16 Å². The van der Waals surface area contributed by atoms with E-state index in [9.17, 15) is 0 Å². The van der Waals surface area contributed by atoms with Crippen LogP contribution in [0.4, 0.5) is 0 Å². The number of hydrogen-bond acceptors (Lipinski definition) is 4. The summed E-state index contributed by atoms with van der Waals surface area (Å²) < 4.78 is 0. The van der Waals surface area contributed by atoms with Crippen molar-refractivity contribution < 1.29 is 20.0 Å². The first kappa shape index (κ1) is 12.5. The Bertz CT molecular complexity index is 47.7. The summed E-state index contributed by atoms with van der Waals surface area (Å²) in [5.74, 6) is 0. The molecule has 0 amide bonds. The Morgan fingerprint density at radius 2 is 1.14 bits per heavy atom. The Morgan fingerprint density at radius 3 is 1.14 bits per heavy atom. The van der Waals surface area contributed by atoms with E-state index in [1.165, 1.54) is 0 Å². The Hall–Kier alpha value is 2.80. The Morgan fingerprint density at radius 1 is 1.00 bits per heavy atom. The molecule has 7 heavy (non-hydrogen) atoms. The molecule has 4 nitrogen and oxygen atoms in total. The Labute approximate surface area is 114 Å². The summed E-state index contributed by atoms with van der Waals surface area (Å²) >= 11 is 0. The van der Waals surface area contributed by atoms with Gasteiger partial charge in [-0.05, 0) is 0 Å².